The molecule has 0 aliphatic rings. The Morgan fingerprint density at radius 3 is 2.38 bits per heavy atom. The summed E-state index contributed by atoms with van der Waals surface area (Å²) in [6.07, 6.45) is 0. The van der Waals surface area contributed by atoms with Crippen LogP contribution in [-0.4, -0.2) is 5.84 Å². The molecule has 4 nitrogen and oxygen atoms in total. The molecule has 84 valence electrons. The lowest BCUT2D eigenvalue weighted by atomic mass is 10.1. The number of benzene rings is 1. The van der Waals surface area contributed by atoms with Gasteiger partial charge in [-0.1, -0.05) is 12.1 Å². The SMILES string of the molecule is Cl.N=C(N)c1ccc(-c2ccccc2N)o1. The first-order chi connectivity index (χ1) is 7.18. The number of hydrogen-bond donors (Lipinski definition) is 3. The average molecular weight is 238 g/mol. The van der Waals surface area contributed by atoms with Crippen molar-refractivity contribution in [1.29, 1.82) is 5.41 Å². The maximum Gasteiger partial charge on any atom is 0.168 e. The van der Waals surface area contributed by atoms with Crippen LogP contribution in [0.25, 0.3) is 11.3 Å². The number of anilines is 1. The summed E-state index contributed by atoms with van der Waals surface area (Å²) in [4.78, 5) is 0. The lowest BCUT2D eigenvalue weighted by Crippen LogP contribution is -2.09. The van der Waals surface area contributed by atoms with Gasteiger partial charge in [-0.25, -0.2) is 0 Å². The molecule has 0 spiro atoms. The lowest BCUT2D eigenvalue weighted by Gasteiger charge is -2.00. The summed E-state index contributed by atoms with van der Waals surface area (Å²) < 4.78 is 5.38. The van der Waals surface area contributed by atoms with Gasteiger partial charge in [0.25, 0.3) is 0 Å². The third kappa shape index (κ3) is 2.17. The third-order valence-corrected chi connectivity index (χ3v) is 2.10. The zero-order valence-corrected chi connectivity index (χ0v) is 9.25. The molecule has 1 aromatic carbocycles. The molecule has 0 saturated heterocycles. The molecule has 0 saturated carbocycles. The Kier molecular flexibility index (Phi) is 3.58. The summed E-state index contributed by atoms with van der Waals surface area (Å²) in [5.41, 5.74) is 12.5. The molecule has 0 unspecified atom stereocenters. The number of nitrogen functional groups attached to an aromatic ring is 2. The van der Waals surface area contributed by atoms with Gasteiger partial charge in [0.05, 0.1) is 0 Å². The van der Waals surface area contributed by atoms with Gasteiger partial charge >= 0.3 is 0 Å². The van der Waals surface area contributed by atoms with Crippen molar-refractivity contribution in [3.8, 4) is 11.3 Å². The minimum atomic E-state index is -0.0873. The number of nitrogens with one attached hydrogen (secondary N) is 1. The second-order valence-electron chi connectivity index (χ2n) is 3.16. The Morgan fingerprint density at radius 1 is 1.12 bits per heavy atom. The summed E-state index contributed by atoms with van der Waals surface area (Å²) in [6, 6.07) is 10.8. The van der Waals surface area contributed by atoms with Crippen LogP contribution >= 0.6 is 12.4 Å². The van der Waals surface area contributed by atoms with E-state index in [1.807, 2.05) is 18.2 Å². The van der Waals surface area contributed by atoms with Crippen molar-refractivity contribution in [2.75, 3.05) is 5.73 Å². The number of nitrogens with two attached hydrogens (primary N) is 2. The number of rotatable bonds is 2. The molecule has 2 aromatic rings. The van der Waals surface area contributed by atoms with E-state index in [0.29, 0.717) is 17.2 Å². The lowest BCUT2D eigenvalue weighted by molar-refractivity contribution is 0.571. The molecule has 0 aliphatic heterocycles. The fourth-order valence-electron chi connectivity index (χ4n) is 1.35. The highest BCUT2D eigenvalue weighted by Gasteiger charge is 2.08. The first-order valence-electron chi connectivity index (χ1n) is 4.47. The molecule has 0 bridgehead atoms. The van der Waals surface area contributed by atoms with Gasteiger partial charge in [-0.2, -0.15) is 0 Å². The van der Waals surface area contributed by atoms with Crippen LogP contribution in [0, 0.1) is 5.41 Å². The Hall–Kier alpha value is -1.94. The standard InChI is InChI=1S/C11H11N3O.ClH/c12-8-4-2-1-3-7(8)9-5-6-10(15-9)11(13)14;/h1-6H,12H2,(H3,13,14);1H. The Bertz CT molecular complexity index is 507. The largest absolute Gasteiger partial charge is 0.453 e. The maximum atomic E-state index is 7.22. The summed E-state index contributed by atoms with van der Waals surface area (Å²) in [5.74, 6) is 0.891. The van der Waals surface area contributed by atoms with E-state index in [4.69, 9.17) is 21.3 Å². The average Bonchev–Trinajstić information content (AvgIpc) is 2.67. The fraction of sp³-hybridized carbons (Fsp3) is 0. The number of furan rings is 1. The van der Waals surface area contributed by atoms with Crippen molar-refractivity contribution in [3.05, 3.63) is 42.2 Å². The number of para-hydroxylation sites is 1. The summed E-state index contributed by atoms with van der Waals surface area (Å²) in [6.45, 7) is 0. The van der Waals surface area contributed by atoms with Gasteiger partial charge in [-0.15, -0.1) is 12.4 Å². The zero-order valence-electron chi connectivity index (χ0n) is 8.44. The molecule has 1 heterocycles. The maximum absolute atomic E-state index is 7.22. The Labute approximate surface area is 99.2 Å². The quantitative estimate of drug-likeness (QED) is 0.425. The predicted octanol–water partition coefficient (Wildman–Crippen LogP) is 2.23. The highest BCUT2D eigenvalue weighted by Crippen LogP contribution is 2.26. The zero-order chi connectivity index (χ0) is 10.8. The van der Waals surface area contributed by atoms with E-state index in [9.17, 15) is 0 Å². The molecule has 16 heavy (non-hydrogen) atoms. The van der Waals surface area contributed by atoms with E-state index in [-0.39, 0.29) is 18.2 Å². The molecule has 2 rings (SSSR count). The van der Waals surface area contributed by atoms with Crippen LogP contribution < -0.4 is 11.5 Å². The molecular formula is C11H12ClN3O. The normalized spacial score (nSPS) is 9.50. The smallest absolute Gasteiger partial charge is 0.168 e. The molecule has 5 heteroatoms. The molecule has 5 N–H and O–H groups in total. The molecule has 0 radical (unpaired) electrons. The van der Waals surface area contributed by atoms with Crippen molar-refractivity contribution >= 4 is 23.9 Å². The fourth-order valence-corrected chi connectivity index (χ4v) is 1.35. The number of hydrogen-bond acceptors (Lipinski definition) is 3. The van der Waals surface area contributed by atoms with Crippen LogP contribution in [0.1, 0.15) is 5.76 Å². The molecule has 0 atom stereocenters. The highest BCUT2D eigenvalue weighted by atomic mass is 35.5. The third-order valence-electron chi connectivity index (χ3n) is 2.10. The second kappa shape index (κ2) is 4.72. The van der Waals surface area contributed by atoms with Crippen LogP contribution in [0.3, 0.4) is 0 Å². The Balaban J connectivity index is 0.00000128. The van der Waals surface area contributed by atoms with E-state index < -0.39 is 0 Å². The van der Waals surface area contributed by atoms with Crippen molar-refractivity contribution < 1.29 is 4.42 Å². The van der Waals surface area contributed by atoms with E-state index in [1.165, 1.54) is 0 Å². The van der Waals surface area contributed by atoms with Gasteiger partial charge in [-0.05, 0) is 24.3 Å². The summed E-state index contributed by atoms with van der Waals surface area (Å²) >= 11 is 0. The first-order valence-corrected chi connectivity index (χ1v) is 4.47. The van der Waals surface area contributed by atoms with Crippen LogP contribution in [0.2, 0.25) is 0 Å². The number of halogens is 1. The van der Waals surface area contributed by atoms with Gasteiger partial charge in [-0.3, -0.25) is 5.41 Å². The van der Waals surface area contributed by atoms with Gasteiger partial charge in [0.2, 0.25) is 0 Å². The van der Waals surface area contributed by atoms with E-state index >= 15 is 0 Å². The Morgan fingerprint density at radius 2 is 1.81 bits per heavy atom. The number of amidine groups is 1. The van der Waals surface area contributed by atoms with Crippen LogP contribution in [0.5, 0.6) is 0 Å². The molecule has 0 fully saturated rings. The van der Waals surface area contributed by atoms with Crippen molar-refractivity contribution in [2.24, 2.45) is 5.73 Å². The van der Waals surface area contributed by atoms with Crippen molar-refractivity contribution in [1.82, 2.24) is 0 Å². The van der Waals surface area contributed by atoms with Crippen LogP contribution in [0.15, 0.2) is 40.8 Å². The van der Waals surface area contributed by atoms with Crippen LogP contribution in [-0.2, 0) is 0 Å². The molecule has 0 aliphatic carbocycles. The second-order valence-corrected chi connectivity index (χ2v) is 3.16. The van der Waals surface area contributed by atoms with E-state index in [2.05, 4.69) is 0 Å². The van der Waals surface area contributed by atoms with Crippen LogP contribution in [0.4, 0.5) is 5.69 Å². The predicted molar refractivity (Wildman–Crippen MR) is 66.8 cm³/mol. The molecule has 1 aromatic heterocycles. The van der Waals surface area contributed by atoms with Gasteiger partial charge < -0.3 is 15.9 Å². The topological polar surface area (TPSA) is 89.0 Å². The van der Waals surface area contributed by atoms with Gasteiger partial charge in [0, 0.05) is 11.3 Å². The van der Waals surface area contributed by atoms with E-state index in [0.717, 1.165) is 5.56 Å². The highest BCUT2D eigenvalue weighted by molar-refractivity contribution is 5.93. The summed E-state index contributed by atoms with van der Waals surface area (Å²) in [7, 11) is 0. The van der Waals surface area contributed by atoms with Gasteiger partial charge in [0.1, 0.15) is 5.76 Å². The van der Waals surface area contributed by atoms with E-state index in [1.54, 1.807) is 18.2 Å². The first kappa shape index (κ1) is 12.1. The minimum absolute atomic E-state index is 0. The molecule has 0 amide bonds. The van der Waals surface area contributed by atoms with Crippen molar-refractivity contribution in [2.45, 2.75) is 0 Å². The minimum Gasteiger partial charge on any atom is -0.453 e. The van der Waals surface area contributed by atoms with Gasteiger partial charge in [0.15, 0.2) is 11.6 Å². The summed E-state index contributed by atoms with van der Waals surface area (Å²) in [5, 5.41) is 7.22. The monoisotopic (exact) mass is 237 g/mol. The molecular weight excluding hydrogens is 226 g/mol. The van der Waals surface area contributed by atoms with Crippen molar-refractivity contribution in [3.63, 3.8) is 0 Å².